The third kappa shape index (κ3) is 226. The molecule has 10 heteroatoms. The number of hydrogen-bond donors (Lipinski definition) is 0. The van der Waals surface area contributed by atoms with Crippen LogP contribution in [0.2, 0.25) is 0 Å². The van der Waals surface area contributed by atoms with Crippen molar-refractivity contribution in [1.29, 1.82) is 0 Å². The zero-order valence-electron chi connectivity index (χ0n) is 29.2. The largest absolute Gasteiger partial charge is 4.00 e. The Morgan fingerprint density at radius 2 is 0.286 bits per heavy atom. The van der Waals surface area contributed by atoms with Crippen molar-refractivity contribution in [3.63, 3.8) is 0 Å². The predicted molar refractivity (Wildman–Crippen MR) is 158 cm³/mol. The summed E-state index contributed by atoms with van der Waals surface area (Å²) >= 11 is 0. The Labute approximate surface area is 293 Å². The van der Waals surface area contributed by atoms with E-state index in [4.69, 9.17) is 0 Å². The minimum atomic E-state index is 0. The zero-order valence-corrected chi connectivity index (χ0v) is 32.4. The maximum atomic E-state index is 9.53. The van der Waals surface area contributed by atoms with Crippen LogP contribution in [0.25, 0.3) is 0 Å². The minimum absolute atomic E-state index is 0. The molecule has 0 bridgehead atoms. The van der Waals surface area contributed by atoms with Gasteiger partial charge >= 0.3 is 43.4 Å². The van der Waals surface area contributed by atoms with Crippen LogP contribution in [0.15, 0.2) is 0 Å². The third-order valence-electron chi connectivity index (χ3n) is 3.98. The number of unbranched alkanes of at least 4 members (excludes halogenated alkanes) is 8. The van der Waals surface area contributed by atoms with Crippen molar-refractivity contribution in [1.82, 2.24) is 0 Å². The molecule has 0 aliphatic heterocycles. The molecule has 0 spiro atoms. The Balaban J connectivity index is -0.0000000346. The Morgan fingerprint density at radius 3 is 0.286 bits per heavy atom. The maximum Gasteiger partial charge on any atom is 4.00 e. The van der Waals surface area contributed by atoms with Gasteiger partial charge < -0.3 is 40.9 Å². The molecule has 0 aliphatic carbocycles. The summed E-state index contributed by atoms with van der Waals surface area (Å²) in [5.74, 6) is 0. The summed E-state index contributed by atoms with van der Waals surface area (Å²) in [6.07, 6.45) is 14.9. The molecule has 0 atom stereocenters. The molecule has 8 nitrogen and oxygen atoms in total. The molecule has 0 N–H and O–H groups in total. The van der Waals surface area contributed by atoms with Crippen molar-refractivity contribution in [3.8, 4) is 0 Å². The second kappa shape index (κ2) is 113. The fourth-order valence-electron chi connectivity index (χ4n) is 1.15. The van der Waals surface area contributed by atoms with Crippen LogP contribution in [0.3, 0.4) is 0 Å². The van der Waals surface area contributed by atoms with E-state index in [-0.39, 0.29) is 96.3 Å². The number of hydrogen-bond acceptors (Lipinski definition) is 8. The summed E-state index contributed by atoms with van der Waals surface area (Å²) in [4.78, 5) is 0. The summed E-state index contributed by atoms with van der Waals surface area (Å²) in [5.41, 5.74) is 0. The van der Waals surface area contributed by atoms with Crippen LogP contribution in [-0.4, -0.2) is 52.9 Å². The third-order valence-corrected chi connectivity index (χ3v) is 3.98. The van der Waals surface area contributed by atoms with Crippen LogP contribution in [-0.2, 0) is 43.4 Å². The van der Waals surface area contributed by atoms with Gasteiger partial charge in [0.2, 0.25) is 0 Å². The quantitative estimate of drug-likeness (QED) is 0.218. The van der Waals surface area contributed by atoms with Crippen LogP contribution in [0.5, 0.6) is 0 Å². The van der Waals surface area contributed by atoms with Crippen molar-refractivity contribution in [2.24, 2.45) is 0 Å². The topological polar surface area (TPSA) is 184 Å². The molecule has 0 aromatic carbocycles. The van der Waals surface area contributed by atoms with Crippen molar-refractivity contribution < 1.29 is 84.3 Å². The molecule has 256 valence electrons. The van der Waals surface area contributed by atoms with Gasteiger partial charge in [-0.05, 0) is 0 Å². The average Bonchev–Trinajstić information content (AvgIpc) is 2.95. The first-order valence-corrected chi connectivity index (χ1v) is 16.0. The van der Waals surface area contributed by atoms with E-state index >= 15 is 0 Å². The van der Waals surface area contributed by atoms with Crippen LogP contribution in [0.4, 0.5) is 0 Å². The second-order valence-electron chi connectivity index (χ2n) is 8.46. The molecule has 0 saturated heterocycles. The first-order valence-electron chi connectivity index (χ1n) is 16.0. The van der Waals surface area contributed by atoms with E-state index in [1.807, 2.05) is 55.4 Å². The zero-order chi connectivity index (χ0) is 33.0. The van der Waals surface area contributed by atoms with Crippen LogP contribution < -0.4 is 40.9 Å². The van der Waals surface area contributed by atoms with Gasteiger partial charge in [-0.1, -0.05) is 158 Å². The van der Waals surface area contributed by atoms with E-state index in [9.17, 15) is 40.9 Å². The van der Waals surface area contributed by atoms with E-state index in [1.165, 1.54) is 0 Å². The molecule has 0 aromatic rings. The van der Waals surface area contributed by atoms with E-state index in [1.54, 1.807) is 0 Å². The summed E-state index contributed by atoms with van der Waals surface area (Å²) < 4.78 is 0. The molecule has 0 unspecified atom stereocenters. The van der Waals surface area contributed by atoms with Gasteiger partial charge in [0.25, 0.3) is 0 Å². The van der Waals surface area contributed by atoms with Crippen molar-refractivity contribution in [3.05, 3.63) is 0 Å². The van der Waals surface area contributed by atoms with Gasteiger partial charge in [0.15, 0.2) is 0 Å². The molecular weight excluding hydrogens is 608 g/mol. The minimum Gasteiger partial charge on any atom is -0.854 e. The number of rotatable bonds is 16. The molecule has 0 rings (SSSR count). The van der Waals surface area contributed by atoms with Gasteiger partial charge in [0.1, 0.15) is 0 Å². The van der Waals surface area contributed by atoms with E-state index in [0.29, 0.717) is 0 Å². The van der Waals surface area contributed by atoms with Gasteiger partial charge in [0.05, 0.1) is 0 Å². The fourth-order valence-corrected chi connectivity index (χ4v) is 1.15. The van der Waals surface area contributed by atoms with Gasteiger partial charge in [-0.15, -0.1) is 52.9 Å². The first-order chi connectivity index (χ1) is 19.3. The SMILES string of the molecule is CCCC[O-].CCCC[O-].CCCC[O-].CCCC[O-].CCCC[O-].CCCC[O-].CCCC[O-].CCCC[O-].[Ti+4].[Ti+4]. The second-order valence-corrected chi connectivity index (χ2v) is 8.46. The van der Waals surface area contributed by atoms with Gasteiger partial charge in [-0.25, -0.2) is 0 Å². The van der Waals surface area contributed by atoms with Gasteiger partial charge in [-0.2, -0.15) is 0 Å². The molecular formula is C32H72O8Ti2. The molecule has 0 radical (unpaired) electrons. The monoisotopic (exact) mass is 680 g/mol. The molecule has 0 aliphatic rings. The maximum absolute atomic E-state index is 9.53. The van der Waals surface area contributed by atoms with Crippen molar-refractivity contribution >= 4 is 0 Å². The average molecular weight is 681 g/mol. The summed E-state index contributed by atoms with van der Waals surface area (Å²) in [7, 11) is 0. The first kappa shape index (κ1) is 69.7. The molecule has 0 saturated carbocycles. The van der Waals surface area contributed by atoms with Gasteiger partial charge in [0, 0.05) is 0 Å². The van der Waals surface area contributed by atoms with E-state index in [2.05, 4.69) is 0 Å². The Kier molecular flexibility index (Phi) is 187. The van der Waals surface area contributed by atoms with Crippen LogP contribution in [0, 0.1) is 0 Å². The standard InChI is InChI=1S/8C4H9O.2Ti/c8*1-2-3-4-5;;/h8*2-4H2,1H3;;/q8*-1;2*+4. The summed E-state index contributed by atoms with van der Waals surface area (Å²) in [6.45, 7) is 16.8. The summed E-state index contributed by atoms with van der Waals surface area (Å²) in [6, 6.07) is 0. The molecule has 0 heterocycles. The van der Waals surface area contributed by atoms with Crippen LogP contribution >= 0.6 is 0 Å². The molecule has 0 aromatic heterocycles. The van der Waals surface area contributed by atoms with Crippen molar-refractivity contribution in [2.45, 2.75) is 158 Å². The Morgan fingerprint density at radius 1 is 0.214 bits per heavy atom. The smallest absolute Gasteiger partial charge is 0.854 e. The van der Waals surface area contributed by atoms with Gasteiger partial charge in [-0.3, -0.25) is 0 Å². The van der Waals surface area contributed by atoms with Crippen molar-refractivity contribution in [2.75, 3.05) is 52.9 Å². The summed E-state index contributed by atoms with van der Waals surface area (Å²) in [5, 5.41) is 76.2. The van der Waals surface area contributed by atoms with Crippen LogP contribution in [0.1, 0.15) is 158 Å². The van der Waals surface area contributed by atoms with E-state index < -0.39 is 0 Å². The molecule has 42 heavy (non-hydrogen) atoms. The molecule has 0 fully saturated rings. The van der Waals surface area contributed by atoms with E-state index in [0.717, 1.165) is 103 Å². The fraction of sp³-hybridized carbons (Fsp3) is 1.00. The predicted octanol–water partition coefficient (Wildman–Crippen LogP) is 1.17. The normalized spacial score (nSPS) is 8.00. The Bertz CT molecular complexity index is 173. The Hall–Kier alpha value is 1.11. The molecule has 0 amide bonds.